The number of aryl methyl sites for hydroxylation is 2. The van der Waals surface area contributed by atoms with Gasteiger partial charge in [-0.3, -0.25) is 9.59 Å². The van der Waals surface area contributed by atoms with Gasteiger partial charge in [0.05, 0.1) is 17.8 Å². The molecule has 0 saturated carbocycles. The van der Waals surface area contributed by atoms with Gasteiger partial charge in [-0.2, -0.15) is 5.10 Å². The minimum atomic E-state index is -0.457. The smallest absolute Gasteiger partial charge is 0.310 e. The van der Waals surface area contributed by atoms with Crippen LogP contribution < -0.4 is 5.32 Å². The van der Waals surface area contributed by atoms with E-state index in [-0.39, 0.29) is 18.9 Å². The first-order valence-corrected chi connectivity index (χ1v) is 9.63. The Kier molecular flexibility index (Phi) is 6.44. The van der Waals surface area contributed by atoms with E-state index in [1.54, 1.807) is 0 Å². The van der Waals surface area contributed by atoms with Crippen LogP contribution in [-0.4, -0.2) is 28.3 Å². The monoisotopic (exact) mass is 391 g/mol. The molecule has 0 fully saturated rings. The number of para-hydroxylation sites is 1. The molecule has 0 aliphatic heterocycles. The lowest BCUT2D eigenvalue weighted by molar-refractivity contribution is -0.146. The van der Waals surface area contributed by atoms with Crippen molar-refractivity contribution in [2.75, 3.05) is 11.9 Å². The number of anilines is 1. The van der Waals surface area contributed by atoms with Crippen LogP contribution in [0.5, 0.6) is 0 Å². The van der Waals surface area contributed by atoms with Gasteiger partial charge in [0.1, 0.15) is 0 Å². The number of hydrogen-bond acceptors (Lipinski definition) is 4. The normalized spacial score (nSPS) is 10.6. The highest BCUT2D eigenvalue weighted by Crippen LogP contribution is 2.18. The fourth-order valence-corrected chi connectivity index (χ4v) is 3.16. The molecule has 0 unspecified atom stereocenters. The average molecular weight is 391 g/mol. The van der Waals surface area contributed by atoms with E-state index in [2.05, 4.69) is 10.4 Å². The second-order valence-electron chi connectivity index (χ2n) is 6.84. The zero-order valence-electron chi connectivity index (χ0n) is 16.9. The molecule has 0 radical (unpaired) electrons. The van der Waals surface area contributed by atoms with E-state index in [0.29, 0.717) is 5.69 Å². The number of nitrogens with zero attached hydrogens (tertiary/aromatic N) is 2. The van der Waals surface area contributed by atoms with Crippen molar-refractivity contribution in [1.29, 1.82) is 0 Å². The van der Waals surface area contributed by atoms with Crippen LogP contribution in [-0.2, 0) is 27.2 Å². The second kappa shape index (κ2) is 9.19. The SMILES string of the molecule is CCc1cccc(NC(=O)COC(=O)Cc2c(C)nn(-c3ccccc3)c2C)c1. The number of ether oxygens (including phenoxy) is 1. The van der Waals surface area contributed by atoms with Crippen molar-refractivity contribution >= 4 is 17.6 Å². The molecule has 150 valence electrons. The van der Waals surface area contributed by atoms with Crippen LogP contribution in [0.15, 0.2) is 54.6 Å². The van der Waals surface area contributed by atoms with Crippen molar-refractivity contribution in [1.82, 2.24) is 9.78 Å². The standard InChI is InChI=1S/C23H25N3O3/c1-4-18-9-8-10-19(13-18)24-22(27)15-29-23(28)14-21-16(2)25-26(17(21)3)20-11-6-5-7-12-20/h5-13H,4,14-15H2,1-3H3,(H,24,27). The third kappa shape index (κ3) is 5.10. The van der Waals surface area contributed by atoms with E-state index < -0.39 is 5.97 Å². The first-order chi connectivity index (χ1) is 14.0. The molecule has 2 aromatic carbocycles. The lowest BCUT2D eigenvalue weighted by Gasteiger charge is -2.08. The maximum atomic E-state index is 12.3. The molecular formula is C23H25N3O3. The van der Waals surface area contributed by atoms with Gasteiger partial charge < -0.3 is 10.1 Å². The molecule has 6 heteroatoms. The molecule has 1 heterocycles. The van der Waals surface area contributed by atoms with Gasteiger partial charge in [-0.1, -0.05) is 37.3 Å². The molecule has 6 nitrogen and oxygen atoms in total. The van der Waals surface area contributed by atoms with E-state index in [0.717, 1.165) is 34.6 Å². The van der Waals surface area contributed by atoms with Gasteiger partial charge in [0.15, 0.2) is 6.61 Å². The summed E-state index contributed by atoms with van der Waals surface area (Å²) in [6.07, 6.45) is 0.956. The molecule has 3 aromatic rings. The molecule has 1 aromatic heterocycles. The molecule has 3 rings (SSSR count). The van der Waals surface area contributed by atoms with Crippen LogP contribution in [0, 0.1) is 13.8 Å². The summed E-state index contributed by atoms with van der Waals surface area (Å²) in [5, 5.41) is 7.28. The first kappa shape index (κ1) is 20.3. The summed E-state index contributed by atoms with van der Waals surface area (Å²) < 4.78 is 6.98. The second-order valence-corrected chi connectivity index (χ2v) is 6.84. The van der Waals surface area contributed by atoms with Gasteiger partial charge in [0.25, 0.3) is 5.91 Å². The van der Waals surface area contributed by atoms with Crippen LogP contribution in [0.25, 0.3) is 5.69 Å². The summed E-state index contributed by atoms with van der Waals surface area (Å²) in [7, 11) is 0. The largest absolute Gasteiger partial charge is 0.455 e. The van der Waals surface area contributed by atoms with Gasteiger partial charge >= 0.3 is 5.97 Å². The number of nitrogens with one attached hydrogen (secondary N) is 1. The number of carbonyl (C=O) groups excluding carboxylic acids is 2. The molecule has 0 atom stereocenters. The number of amides is 1. The third-order valence-corrected chi connectivity index (χ3v) is 4.75. The molecular weight excluding hydrogens is 366 g/mol. The maximum Gasteiger partial charge on any atom is 0.310 e. The molecule has 29 heavy (non-hydrogen) atoms. The minimum Gasteiger partial charge on any atom is -0.455 e. The van der Waals surface area contributed by atoms with E-state index in [9.17, 15) is 9.59 Å². The van der Waals surface area contributed by atoms with Gasteiger partial charge in [-0.25, -0.2) is 4.68 Å². The quantitative estimate of drug-likeness (QED) is 0.622. The van der Waals surface area contributed by atoms with Gasteiger partial charge in [-0.05, 0) is 50.1 Å². The van der Waals surface area contributed by atoms with Gasteiger partial charge in [-0.15, -0.1) is 0 Å². The van der Waals surface area contributed by atoms with E-state index >= 15 is 0 Å². The maximum absolute atomic E-state index is 12.3. The van der Waals surface area contributed by atoms with Crippen molar-refractivity contribution < 1.29 is 14.3 Å². The van der Waals surface area contributed by atoms with Crippen LogP contribution in [0.2, 0.25) is 0 Å². The van der Waals surface area contributed by atoms with Gasteiger partial charge in [0, 0.05) is 16.9 Å². The molecule has 1 amide bonds. The number of esters is 1. The molecule has 0 aliphatic carbocycles. The highest BCUT2D eigenvalue weighted by molar-refractivity contribution is 5.93. The Bertz CT molecular complexity index is 1010. The number of aromatic nitrogens is 2. The first-order valence-electron chi connectivity index (χ1n) is 9.63. The fraction of sp³-hybridized carbons (Fsp3) is 0.261. The highest BCUT2D eigenvalue weighted by Gasteiger charge is 2.17. The van der Waals surface area contributed by atoms with Crippen LogP contribution in [0.3, 0.4) is 0 Å². The van der Waals surface area contributed by atoms with E-state index in [1.807, 2.05) is 80.1 Å². The Morgan fingerprint density at radius 1 is 1.07 bits per heavy atom. The number of rotatable bonds is 7. The molecule has 0 saturated heterocycles. The van der Waals surface area contributed by atoms with E-state index in [4.69, 9.17) is 4.74 Å². The highest BCUT2D eigenvalue weighted by atomic mass is 16.5. The third-order valence-electron chi connectivity index (χ3n) is 4.75. The Morgan fingerprint density at radius 2 is 1.83 bits per heavy atom. The van der Waals surface area contributed by atoms with Crippen LogP contribution in [0.4, 0.5) is 5.69 Å². The van der Waals surface area contributed by atoms with Gasteiger partial charge in [0.2, 0.25) is 0 Å². The Labute approximate surface area is 170 Å². The Balaban J connectivity index is 1.58. The Morgan fingerprint density at radius 3 is 2.55 bits per heavy atom. The van der Waals surface area contributed by atoms with Crippen LogP contribution >= 0.6 is 0 Å². The predicted octanol–water partition coefficient (Wildman–Crippen LogP) is 3.78. The van der Waals surface area contributed by atoms with Crippen molar-refractivity contribution in [2.45, 2.75) is 33.6 Å². The Hall–Kier alpha value is -3.41. The lowest BCUT2D eigenvalue weighted by atomic mass is 10.1. The zero-order chi connectivity index (χ0) is 20.8. The summed E-state index contributed by atoms with van der Waals surface area (Å²) in [5.74, 6) is -0.818. The van der Waals surface area contributed by atoms with E-state index in [1.165, 1.54) is 0 Å². The zero-order valence-corrected chi connectivity index (χ0v) is 16.9. The number of benzene rings is 2. The summed E-state index contributed by atoms with van der Waals surface area (Å²) in [4.78, 5) is 24.4. The molecule has 1 N–H and O–H groups in total. The number of carbonyl (C=O) groups is 2. The topological polar surface area (TPSA) is 73.2 Å². The number of hydrogen-bond donors (Lipinski definition) is 1. The average Bonchev–Trinajstić information content (AvgIpc) is 3.01. The minimum absolute atomic E-state index is 0.0725. The predicted molar refractivity (Wildman–Crippen MR) is 112 cm³/mol. The molecule has 0 aliphatic rings. The van der Waals surface area contributed by atoms with Crippen LogP contribution in [0.1, 0.15) is 29.4 Å². The molecule has 0 bridgehead atoms. The molecule has 0 spiro atoms. The summed E-state index contributed by atoms with van der Waals surface area (Å²) in [6.45, 7) is 5.51. The van der Waals surface area contributed by atoms with Crippen molar-refractivity contribution in [3.8, 4) is 5.69 Å². The van der Waals surface area contributed by atoms with Crippen molar-refractivity contribution in [3.05, 3.63) is 77.1 Å². The fourth-order valence-electron chi connectivity index (χ4n) is 3.16. The lowest BCUT2D eigenvalue weighted by Crippen LogP contribution is -2.22. The summed E-state index contributed by atoms with van der Waals surface area (Å²) >= 11 is 0. The van der Waals surface area contributed by atoms with Crippen molar-refractivity contribution in [3.63, 3.8) is 0 Å². The van der Waals surface area contributed by atoms with Crippen molar-refractivity contribution in [2.24, 2.45) is 0 Å². The summed E-state index contributed by atoms with van der Waals surface area (Å²) in [6, 6.07) is 17.3. The summed E-state index contributed by atoms with van der Waals surface area (Å²) in [5.41, 5.74) is 5.22.